The number of carbonyl (C=O) groups excluding carboxylic acids is 3. The molecule has 6 N–H and O–H groups in total. The Balaban J connectivity index is 0. The van der Waals surface area contributed by atoms with Gasteiger partial charge < -0.3 is 35.7 Å². The molecule has 0 aliphatic carbocycles. The molecule has 0 aromatic heterocycles. The minimum absolute atomic E-state index is 0. The number of unbranched alkanes of at least 4 members (excludes halogenated alkanes) is 28. The molecule has 0 rings (SSSR count). The molecule has 0 heterocycles. The second-order valence-electron chi connectivity index (χ2n) is 15.6. The Morgan fingerprint density at radius 2 is 0.897 bits per heavy atom. The minimum atomic E-state index is -4.58. The van der Waals surface area contributed by atoms with Gasteiger partial charge in [-0.15, -0.1) is 0 Å². The van der Waals surface area contributed by atoms with Gasteiger partial charge in [0.05, 0.1) is 19.8 Å². The summed E-state index contributed by atoms with van der Waals surface area (Å²) in [4.78, 5) is 46.8. The molecule has 0 aliphatic heterocycles. The van der Waals surface area contributed by atoms with Gasteiger partial charge >= 0.3 is 25.9 Å². The van der Waals surface area contributed by atoms with Crippen molar-refractivity contribution in [1.82, 2.24) is 11.5 Å². The first kappa shape index (κ1) is 58.3. The van der Waals surface area contributed by atoms with E-state index in [1.54, 1.807) is 0 Å². The maximum atomic E-state index is 12.7. The monoisotopic (exact) mass is 853 g/mol. The fraction of sp³-hybridized carbons (Fsp3) is 0.932. The van der Waals surface area contributed by atoms with E-state index in [1.807, 2.05) is 0 Å². The van der Waals surface area contributed by atoms with Gasteiger partial charge in [0.25, 0.3) is 0 Å². The van der Waals surface area contributed by atoms with Crippen LogP contribution in [0.3, 0.4) is 0 Å². The number of phosphoric acid groups is 1. The summed E-state index contributed by atoms with van der Waals surface area (Å²) in [5.41, 5.74) is 0. The van der Waals surface area contributed by atoms with Crippen LogP contribution in [-0.4, -0.2) is 73.7 Å². The fourth-order valence-corrected chi connectivity index (χ4v) is 7.37. The summed E-state index contributed by atoms with van der Waals surface area (Å²) < 4.78 is 37.9. The van der Waals surface area contributed by atoms with Crippen molar-refractivity contribution in [2.45, 2.75) is 225 Å². The van der Waals surface area contributed by atoms with Crippen molar-refractivity contribution in [2.24, 2.45) is 0 Å². The number of esters is 2. The Morgan fingerprint density at radius 1 is 0.517 bits per heavy atom. The molecule has 2 atom stereocenters. The second-order valence-corrected chi connectivity index (χ2v) is 17.0. The van der Waals surface area contributed by atoms with Crippen LogP contribution in [0.1, 0.15) is 219 Å². The summed E-state index contributed by atoms with van der Waals surface area (Å²) in [6, 6.07) is 0. The van der Waals surface area contributed by atoms with E-state index in [1.165, 1.54) is 141 Å². The first-order valence-electron chi connectivity index (χ1n) is 23.2. The maximum Gasteiger partial charge on any atom is 0.472 e. The van der Waals surface area contributed by atoms with Crippen LogP contribution in [0.5, 0.6) is 0 Å². The van der Waals surface area contributed by atoms with Gasteiger partial charge in [0.2, 0.25) is 0 Å². The van der Waals surface area contributed by atoms with Crippen molar-refractivity contribution >= 4 is 25.9 Å². The van der Waals surface area contributed by atoms with Crippen molar-refractivity contribution in [3.8, 4) is 0 Å². The third kappa shape index (κ3) is 43.8. The van der Waals surface area contributed by atoms with E-state index < -0.39 is 38.6 Å². The van der Waals surface area contributed by atoms with E-state index in [2.05, 4.69) is 23.9 Å². The largest absolute Gasteiger partial charge is 0.472 e. The molecule has 13 nitrogen and oxygen atoms in total. The number of phosphoric ester groups is 1. The van der Waals surface area contributed by atoms with Crippen molar-refractivity contribution in [1.29, 1.82) is 0 Å². The molecule has 0 fully saturated rings. The molecule has 0 saturated carbocycles. The van der Waals surface area contributed by atoms with Crippen molar-refractivity contribution in [2.75, 3.05) is 39.6 Å². The van der Waals surface area contributed by atoms with Gasteiger partial charge in [-0.3, -0.25) is 18.6 Å². The summed E-state index contributed by atoms with van der Waals surface area (Å²) in [6.07, 6.45) is 35.3. The smallest absolute Gasteiger partial charge is 0.462 e. The molecule has 0 aromatic rings. The summed E-state index contributed by atoms with van der Waals surface area (Å²) in [7, 11) is -4.58. The van der Waals surface area contributed by atoms with Gasteiger partial charge in [0.1, 0.15) is 13.2 Å². The van der Waals surface area contributed by atoms with Gasteiger partial charge in [-0.2, -0.15) is 0 Å². The van der Waals surface area contributed by atoms with Crippen LogP contribution < -0.4 is 11.5 Å². The Bertz CT molecular complexity index is 976. The SMILES string of the molecule is CCCCCCCCCCCCCCCCCC(=O)OC[C@H](COP(=O)(O)OCCNC(=O)OCCO)OC(=O)CCCCCCCCCCCCCCCCC.N. The third-order valence-electron chi connectivity index (χ3n) is 10.1. The molecule has 0 aliphatic rings. The highest BCUT2D eigenvalue weighted by Gasteiger charge is 2.26. The van der Waals surface area contributed by atoms with Crippen molar-refractivity contribution in [3.05, 3.63) is 0 Å². The lowest BCUT2D eigenvalue weighted by atomic mass is 10.0. The predicted octanol–water partition coefficient (Wildman–Crippen LogP) is 12.0. The molecular weight excluding hydrogens is 763 g/mol. The van der Waals surface area contributed by atoms with E-state index >= 15 is 0 Å². The highest BCUT2D eigenvalue weighted by molar-refractivity contribution is 7.47. The minimum Gasteiger partial charge on any atom is -0.462 e. The molecule has 0 saturated heterocycles. The van der Waals surface area contributed by atoms with Gasteiger partial charge in [-0.25, -0.2) is 9.36 Å². The Labute approximate surface area is 353 Å². The van der Waals surface area contributed by atoms with Crippen LogP contribution in [0.2, 0.25) is 0 Å². The number of aliphatic hydroxyl groups is 1. The van der Waals surface area contributed by atoms with Crippen molar-refractivity contribution < 1.29 is 52.2 Å². The van der Waals surface area contributed by atoms with E-state index in [9.17, 15) is 23.8 Å². The van der Waals surface area contributed by atoms with E-state index in [0.717, 1.165) is 38.5 Å². The third-order valence-corrected chi connectivity index (χ3v) is 11.1. The number of nitrogens with one attached hydrogen (secondary N) is 1. The Kier molecular flexibility index (Phi) is 45.0. The number of aliphatic hydroxyl groups excluding tert-OH is 1. The topological polar surface area (TPSA) is 202 Å². The number of carbonyl (C=O) groups is 3. The molecule has 0 aromatic carbocycles. The van der Waals surface area contributed by atoms with Crippen LogP contribution in [-0.2, 0) is 37.4 Å². The van der Waals surface area contributed by atoms with Gasteiger partial charge in [0, 0.05) is 19.4 Å². The molecule has 346 valence electrons. The summed E-state index contributed by atoms with van der Waals surface area (Å²) in [6.45, 7) is 2.66. The lowest BCUT2D eigenvalue weighted by Crippen LogP contribution is -2.30. The van der Waals surface area contributed by atoms with Gasteiger partial charge in [-0.1, -0.05) is 194 Å². The first-order valence-corrected chi connectivity index (χ1v) is 24.7. The van der Waals surface area contributed by atoms with E-state index in [4.69, 9.17) is 23.6 Å². The molecule has 0 spiro atoms. The molecule has 1 amide bonds. The number of hydrogen-bond acceptors (Lipinski definition) is 11. The highest BCUT2D eigenvalue weighted by Crippen LogP contribution is 2.43. The predicted molar refractivity (Wildman–Crippen MR) is 233 cm³/mol. The zero-order valence-electron chi connectivity index (χ0n) is 37.2. The van der Waals surface area contributed by atoms with E-state index in [-0.39, 0.29) is 52.0 Å². The standard InChI is InChI=1S/C44H86NO11P.H3N/c1-3-5-7-9-11-13-15-17-19-21-23-25-27-29-31-33-42(47)53-39-41(40-55-57(50,51)54-37-35-45-44(49)52-38-36-46)56-43(48)34-32-30-28-26-24-22-20-18-16-14-12-10-8-6-4-2;/h41,46H,3-40H2,1-2H3,(H,45,49)(H,50,51);1H3/t41-;/m1./s1. The first-order chi connectivity index (χ1) is 27.7. The number of ether oxygens (including phenoxy) is 3. The van der Waals surface area contributed by atoms with Crippen LogP contribution in [0.4, 0.5) is 4.79 Å². The van der Waals surface area contributed by atoms with Crippen LogP contribution in [0.25, 0.3) is 0 Å². The molecule has 14 heteroatoms. The molecule has 1 unspecified atom stereocenters. The number of rotatable bonds is 44. The average Bonchev–Trinajstić information content (AvgIpc) is 3.19. The second kappa shape index (κ2) is 44.8. The number of hydrogen-bond donors (Lipinski definition) is 4. The van der Waals surface area contributed by atoms with E-state index in [0.29, 0.717) is 12.8 Å². The summed E-state index contributed by atoms with van der Waals surface area (Å²) in [5.74, 6) is -0.910. The van der Waals surface area contributed by atoms with Crippen LogP contribution in [0.15, 0.2) is 0 Å². The molecular formula is C44H89N2O11P. The molecule has 58 heavy (non-hydrogen) atoms. The van der Waals surface area contributed by atoms with Gasteiger partial charge in [-0.05, 0) is 12.8 Å². The normalized spacial score (nSPS) is 12.7. The average molecular weight is 853 g/mol. The Morgan fingerprint density at radius 3 is 1.29 bits per heavy atom. The van der Waals surface area contributed by atoms with Crippen molar-refractivity contribution in [3.63, 3.8) is 0 Å². The van der Waals surface area contributed by atoms with Crippen LogP contribution >= 0.6 is 7.82 Å². The number of amides is 1. The van der Waals surface area contributed by atoms with Crippen LogP contribution in [0, 0.1) is 0 Å². The lowest BCUT2D eigenvalue weighted by Gasteiger charge is -2.20. The zero-order chi connectivity index (χ0) is 41.9. The fourth-order valence-electron chi connectivity index (χ4n) is 6.62. The zero-order valence-corrected chi connectivity index (χ0v) is 38.1. The highest BCUT2D eigenvalue weighted by atomic mass is 31.2. The number of alkyl carbamates (subject to hydrolysis) is 1. The molecule has 0 bridgehead atoms. The summed E-state index contributed by atoms with van der Waals surface area (Å²) >= 11 is 0. The van der Waals surface area contributed by atoms with Gasteiger partial charge in [0.15, 0.2) is 6.10 Å². The summed E-state index contributed by atoms with van der Waals surface area (Å²) in [5, 5.41) is 11.0. The quantitative estimate of drug-likeness (QED) is 0.0196. The molecule has 0 radical (unpaired) electrons. The maximum absolute atomic E-state index is 12.7. The lowest BCUT2D eigenvalue weighted by molar-refractivity contribution is -0.161. The Hall–Kier alpha value is -1.76.